The molecule has 0 unspecified atom stereocenters. The number of hydrogen-bond acceptors (Lipinski definition) is 4. The molecular weight excluding hydrogens is 294 g/mol. The Balaban J connectivity index is 1.38. The second kappa shape index (κ2) is 5.30. The summed E-state index contributed by atoms with van der Waals surface area (Å²) in [5.41, 5.74) is 0.656. The molecule has 6 heteroatoms. The fourth-order valence-electron chi connectivity index (χ4n) is 4.06. The minimum atomic E-state index is -0.213. The standard InChI is InChI=1S/C17H17N3O3/c21-13(19-12-3-6-18-7-4-12)5-8-20-16(22)14-10-1-2-11(9-10)15(14)17(20)23/h1-4,6-7,10-11,14-15H,5,8-9H2,(H,18,19,21)/t10-,11-,14+,15+/m0/s1. The Bertz CT molecular complexity index is 670. The van der Waals surface area contributed by atoms with Gasteiger partial charge in [0.05, 0.1) is 11.8 Å². The smallest absolute Gasteiger partial charge is 0.233 e. The summed E-state index contributed by atoms with van der Waals surface area (Å²) < 4.78 is 0. The van der Waals surface area contributed by atoms with Gasteiger partial charge >= 0.3 is 0 Å². The fourth-order valence-corrected chi connectivity index (χ4v) is 4.06. The summed E-state index contributed by atoms with van der Waals surface area (Å²) in [4.78, 5) is 42.1. The van der Waals surface area contributed by atoms with Crippen molar-refractivity contribution in [1.29, 1.82) is 0 Å². The van der Waals surface area contributed by atoms with Crippen LogP contribution in [-0.4, -0.2) is 34.2 Å². The molecule has 3 amide bonds. The maximum Gasteiger partial charge on any atom is 0.233 e. The van der Waals surface area contributed by atoms with Gasteiger partial charge in [-0.2, -0.15) is 0 Å². The molecule has 3 aliphatic rings. The van der Waals surface area contributed by atoms with Crippen molar-refractivity contribution in [1.82, 2.24) is 9.88 Å². The third-order valence-electron chi connectivity index (χ3n) is 5.09. The Hall–Kier alpha value is -2.50. The van der Waals surface area contributed by atoms with E-state index in [0.29, 0.717) is 5.69 Å². The first-order valence-electron chi connectivity index (χ1n) is 7.88. The molecule has 118 valence electrons. The van der Waals surface area contributed by atoms with Crippen LogP contribution in [0, 0.1) is 23.7 Å². The number of pyridine rings is 1. The van der Waals surface area contributed by atoms with Crippen molar-refractivity contribution < 1.29 is 14.4 Å². The number of anilines is 1. The molecule has 0 radical (unpaired) electrons. The van der Waals surface area contributed by atoms with E-state index >= 15 is 0 Å². The number of rotatable bonds is 4. The van der Waals surface area contributed by atoms with E-state index in [1.165, 1.54) is 4.90 Å². The van der Waals surface area contributed by atoms with Crippen molar-refractivity contribution in [2.45, 2.75) is 12.8 Å². The van der Waals surface area contributed by atoms with Crippen molar-refractivity contribution in [3.63, 3.8) is 0 Å². The van der Waals surface area contributed by atoms with Gasteiger partial charge in [-0.25, -0.2) is 0 Å². The predicted molar refractivity (Wildman–Crippen MR) is 81.9 cm³/mol. The monoisotopic (exact) mass is 311 g/mol. The summed E-state index contributed by atoms with van der Waals surface area (Å²) in [6, 6.07) is 3.38. The highest BCUT2D eigenvalue weighted by Crippen LogP contribution is 2.52. The van der Waals surface area contributed by atoms with Crippen molar-refractivity contribution in [3.05, 3.63) is 36.7 Å². The van der Waals surface area contributed by atoms with E-state index in [1.807, 2.05) is 0 Å². The first-order valence-corrected chi connectivity index (χ1v) is 7.88. The number of nitrogens with zero attached hydrogens (tertiary/aromatic N) is 2. The van der Waals surface area contributed by atoms with Gasteiger partial charge < -0.3 is 5.32 Å². The molecule has 4 rings (SSSR count). The molecule has 1 aliphatic heterocycles. The molecule has 2 fully saturated rings. The van der Waals surface area contributed by atoms with Crippen LogP contribution < -0.4 is 5.32 Å². The number of fused-ring (bicyclic) bond motifs is 5. The van der Waals surface area contributed by atoms with Crippen molar-refractivity contribution >= 4 is 23.4 Å². The fraction of sp³-hybridized carbons (Fsp3) is 0.412. The van der Waals surface area contributed by atoms with Gasteiger partial charge in [0.2, 0.25) is 17.7 Å². The highest BCUT2D eigenvalue weighted by molar-refractivity contribution is 6.06. The summed E-state index contributed by atoms with van der Waals surface area (Å²) in [7, 11) is 0. The van der Waals surface area contributed by atoms with Crippen LogP contribution in [0.15, 0.2) is 36.7 Å². The van der Waals surface area contributed by atoms with E-state index in [-0.39, 0.29) is 54.4 Å². The van der Waals surface area contributed by atoms with Crippen LogP contribution >= 0.6 is 0 Å². The van der Waals surface area contributed by atoms with Gasteiger partial charge in [0.25, 0.3) is 0 Å². The molecule has 0 spiro atoms. The molecule has 6 nitrogen and oxygen atoms in total. The van der Waals surface area contributed by atoms with Crippen LogP contribution in [0.1, 0.15) is 12.8 Å². The second-order valence-corrected chi connectivity index (χ2v) is 6.36. The summed E-state index contributed by atoms with van der Waals surface area (Å²) in [5.74, 6) is -0.396. The Morgan fingerprint density at radius 2 is 1.74 bits per heavy atom. The zero-order valence-corrected chi connectivity index (χ0v) is 12.5. The maximum absolute atomic E-state index is 12.5. The van der Waals surface area contributed by atoms with Gasteiger partial charge in [0.1, 0.15) is 0 Å². The number of imide groups is 1. The number of hydrogen-bond donors (Lipinski definition) is 1. The minimum absolute atomic E-state index is 0.103. The van der Waals surface area contributed by atoms with Crippen LogP contribution in [0.2, 0.25) is 0 Å². The van der Waals surface area contributed by atoms with Gasteiger partial charge in [-0.3, -0.25) is 24.3 Å². The largest absolute Gasteiger partial charge is 0.326 e. The second-order valence-electron chi connectivity index (χ2n) is 6.36. The summed E-state index contributed by atoms with van der Waals surface area (Å²) >= 11 is 0. The van der Waals surface area contributed by atoms with Crippen LogP contribution in [0.5, 0.6) is 0 Å². The Morgan fingerprint density at radius 3 is 2.35 bits per heavy atom. The molecule has 1 N–H and O–H groups in total. The van der Waals surface area contributed by atoms with Crippen molar-refractivity contribution in [3.8, 4) is 0 Å². The molecule has 1 aromatic rings. The van der Waals surface area contributed by atoms with Crippen LogP contribution in [0.25, 0.3) is 0 Å². The summed E-state index contributed by atoms with van der Waals surface area (Å²) in [6.45, 7) is 0.154. The molecule has 0 aromatic carbocycles. The number of aromatic nitrogens is 1. The number of carbonyl (C=O) groups excluding carboxylic acids is 3. The lowest BCUT2D eigenvalue weighted by Gasteiger charge is -2.16. The first kappa shape index (κ1) is 14.1. The Kier molecular flexibility index (Phi) is 3.25. The number of allylic oxidation sites excluding steroid dienone is 2. The highest BCUT2D eigenvalue weighted by Gasteiger charge is 2.58. The molecule has 1 aromatic heterocycles. The SMILES string of the molecule is O=C(CCN1C(=O)[C@H]2[C@H](C1=O)[C@H]1C=C[C@H]2C1)Nc1ccncc1. The lowest BCUT2D eigenvalue weighted by molar-refractivity contribution is -0.140. The van der Waals surface area contributed by atoms with Gasteiger partial charge in [0, 0.05) is 31.0 Å². The van der Waals surface area contributed by atoms with Crippen LogP contribution in [0.4, 0.5) is 5.69 Å². The Morgan fingerprint density at radius 1 is 1.13 bits per heavy atom. The molecule has 2 bridgehead atoms. The average Bonchev–Trinajstić information content (AvgIpc) is 3.22. The highest BCUT2D eigenvalue weighted by atomic mass is 16.2. The molecular formula is C17H17N3O3. The van der Waals surface area contributed by atoms with E-state index in [0.717, 1.165) is 6.42 Å². The molecule has 2 heterocycles. The normalized spacial score (nSPS) is 30.9. The van der Waals surface area contributed by atoms with E-state index in [2.05, 4.69) is 22.5 Å². The van der Waals surface area contributed by atoms with E-state index < -0.39 is 0 Å². The number of amides is 3. The molecule has 23 heavy (non-hydrogen) atoms. The number of nitrogens with one attached hydrogen (secondary N) is 1. The molecule has 1 saturated carbocycles. The predicted octanol–water partition coefficient (Wildman–Crippen LogP) is 1.22. The van der Waals surface area contributed by atoms with E-state index in [1.54, 1.807) is 24.5 Å². The van der Waals surface area contributed by atoms with Gasteiger partial charge in [-0.1, -0.05) is 12.2 Å². The number of carbonyl (C=O) groups is 3. The van der Waals surface area contributed by atoms with E-state index in [9.17, 15) is 14.4 Å². The zero-order chi connectivity index (χ0) is 16.0. The lowest BCUT2D eigenvalue weighted by Crippen LogP contribution is -2.35. The minimum Gasteiger partial charge on any atom is -0.326 e. The average molecular weight is 311 g/mol. The summed E-state index contributed by atoms with van der Waals surface area (Å²) in [6.07, 6.45) is 8.35. The lowest BCUT2D eigenvalue weighted by atomic mass is 9.85. The van der Waals surface area contributed by atoms with Crippen LogP contribution in [0.3, 0.4) is 0 Å². The zero-order valence-electron chi connectivity index (χ0n) is 12.5. The molecule has 2 aliphatic carbocycles. The van der Waals surface area contributed by atoms with Crippen LogP contribution in [-0.2, 0) is 14.4 Å². The van der Waals surface area contributed by atoms with Gasteiger partial charge in [-0.15, -0.1) is 0 Å². The molecule has 4 atom stereocenters. The Labute approximate surface area is 133 Å². The maximum atomic E-state index is 12.5. The third-order valence-corrected chi connectivity index (χ3v) is 5.09. The first-order chi connectivity index (χ1) is 11.1. The van der Waals surface area contributed by atoms with Crippen molar-refractivity contribution in [2.24, 2.45) is 23.7 Å². The topological polar surface area (TPSA) is 79.4 Å². The van der Waals surface area contributed by atoms with Crippen molar-refractivity contribution in [2.75, 3.05) is 11.9 Å². The van der Waals surface area contributed by atoms with Gasteiger partial charge in [0.15, 0.2) is 0 Å². The number of likely N-dealkylation sites (tertiary alicyclic amines) is 1. The molecule has 1 saturated heterocycles. The quantitative estimate of drug-likeness (QED) is 0.670. The third kappa shape index (κ3) is 2.25. The summed E-state index contributed by atoms with van der Waals surface area (Å²) in [5, 5.41) is 2.74. The van der Waals surface area contributed by atoms with E-state index in [4.69, 9.17) is 0 Å². The van der Waals surface area contributed by atoms with Gasteiger partial charge in [-0.05, 0) is 30.4 Å².